The van der Waals surface area contributed by atoms with E-state index in [4.69, 9.17) is 37.3 Å². The molecule has 0 fully saturated rings. The summed E-state index contributed by atoms with van der Waals surface area (Å²) in [4.78, 5) is 38.0. The number of benzene rings is 3. The van der Waals surface area contributed by atoms with Crippen LogP contribution in [0.25, 0.3) is 17.1 Å². The Balaban J connectivity index is 1.35. The number of ether oxygens (including phenoxy) is 1. The Morgan fingerprint density at radius 1 is 1.05 bits per heavy atom. The van der Waals surface area contributed by atoms with E-state index in [1.54, 1.807) is 41.0 Å². The minimum absolute atomic E-state index is 0.185. The van der Waals surface area contributed by atoms with E-state index < -0.39 is 0 Å². The number of anilines is 1. The maximum absolute atomic E-state index is 14.0. The third-order valence-corrected chi connectivity index (χ3v) is 7.84. The Morgan fingerprint density at radius 3 is 2.52 bits per heavy atom. The van der Waals surface area contributed by atoms with Crippen LogP contribution >= 0.6 is 23.2 Å². The van der Waals surface area contributed by atoms with Gasteiger partial charge in [-0.2, -0.15) is 0 Å². The predicted octanol–water partition coefficient (Wildman–Crippen LogP) is 6.01. The second-order valence-corrected chi connectivity index (χ2v) is 10.5. The van der Waals surface area contributed by atoms with E-state index >= 15 is 0 Å². The molecular weight excluding hydrogens is 577 g/mol. The zero-order valence-electron chi connectivity index (χ0n) is 22.5. The zero-order chi connectivity index (χ0) is 29.2. The maximum atomic E-state index is 14.0. The van der Waals surface area contributed by atoms with Gasteiger partial charge in [-0.05, 0) is 66.6 Å². The molecule has 0 radical (unpaired) electrons. The minimum Gasteiger partial charge on any atom is -0.497 e. The molecule has 5 aromatic rings. The maximum Gasteiger partial charge on any atom is 0.263 e. The molecule has 3 heterocycles. The number of halogens is 2. The smallest absolute Gasteiger partial charge is 0.263 e. The van der Waals surface area contributed by atoms with E-state index in [9.17, 15) is 9.59 Å². The van der Waals surface area contributed by atoms with E-state index in [2.05, 4.69) is 10.3 Å². The first-order valence-electron chi connectivity index (χ1n) is 13.2. The molecular formula is C31H25Cl2N5O4. The molecule has 11 heteroatoms. The Labute approximate surface area is 251 Å². The number of fused-ring (bicyclic) bond motifs is 1. The van der Waals surface area contributed by atoms with Crippen LogP contribution in [-0.4, -0.2) is 39.0 Å². The average Bonchev–Trinajstić information content (AvgIpc) is 3.56. The van der Waals surface area contributed by atoms with Crippen LogP contribution in [0.3, 0.4) is 0 Å². The first-order chi connectivity index (χ1) is 20.4. The number of carbonyl (C=O) groups is 1. The van der Waals surface area contributed by atoms with Gasteiger partial charge in [-0.25, -0.2) is 14.5 Å². The molecule has 0 atom stereocenters. The highest BCUT2D eigenvalue weighted by Crippen LogP contribution is 2.26. The van der Waals surface area contributed by atoms with Crippen LogP contribution in [0.15, 0.2) is 88.4 Å². The summed E-state index contributed by atoms with van der Waals surface area (Å²) in [6.45, 7) is 0.963. The molecule has 0 aliphatic carbocycles. The van der Waals surface area contributed by atoms with Crippen LogP contribution in [-0.2, 0) is 19.5 Å². The SMILES string of the molecule is COc1ccc(CNc2nc3c(c(=O)n2-c2ccc(-c4ncco4)cc2)CCN(C(=O)c2ccc(Cl)c(Cl)c2)C3)cc1. The highest BCUT2D eigenvalue weighted by Gasteiger charge is 2.27. The summed E-state index contributed by atoms with van der Waals surface area (Å²) in [5.74, 6) is 1.39. The molecule has 2 aromatic heterocycles. The van der Waals surface area contributed by atoms with Gasteiger partial charge in [0.1, 0.15) is 12.0 Å². The Bertz CT molecular complexity index is 1800. The topological polar surface area (TPSA) is 102 Å². The average molecular weight is 602 g/mol. The third-order valence-electron chi connectivity index (χ3n) is 7.10. The monoisotopic (exact) mass is 601 g/mol. The molecule has 0 spiro atoms. The lowest BCUT2D eigenvalue weighted by Gasteiger charge is -2.29. The van der Waals surface area contributed by atoms with Crippen LogP contribution < -0.4 is 15.6 Å². The number of aromatic nitrogens is 3. The number of methoxy groups -OCH3 is 1. The van der Waals surface area contributed by atoms with Crippen LogP contribution in [0.2, 0.25) is 10.0 Å². The summed E-state index contributed by atoms with van der Waals surface area (Å²) in [6.07, 6.45) is 3.46. The standard InChI is InChI=1S/C31H25Cl2N5O4/c1-41-23-9-2-19(3-10-23)17-35-31-36-27-18-37(29(39)21-6-11-25(32)26(33)16-21)14-12-24(27)30(40)38(31)22-7-4-20(5-8-22)28-34-13-15-42-28/h2-11,13,15-16H,12,14,17-18H2,1H3,(H,35,36). The van der Waals surface area contributed by atoms with Gasteiger partial charge >= 0.3 is 0 Å². The van der Waals surface area contributed by atoms with Crippen LogP contribution in [0.4, 0.5) is 5.95 Å². The van der Waals surface area contributed by atoms with E-state index in [1.165, 1.54) is 6.26 Å². The van der Waals surface area contributed by atoms with Crippen molar-refractivity contribution in [1.29, 1.82) is 0 Å². The number of nitrogens with zero attached hydrogens (tertiary/aromatic N) is 4. The van der Waals surface area contributed by atoms with E-state index in [-0.39, 0.29) is 18.0 Å². The third kappa shape index (κ3) is 5.48. The molecule has 9 nitrogen and oxygen atoms in total. The van der Waals surface area contributed by atoms with Crippen molar-refractivity contribution in [3.05, 3.63) is 122 Å². The second kappa shape index (κ2) is 11.7. The van der Waals surface area contributed by atoms with Gasteiger partial charge in [-0.1, -0.05) is 35.3 Å². The molecule has 0 unspecified atom stereocenters. The summed E-state index contributed by atoms with van der Waals surface area (Å²) in [5, 5.41) is 4.01. The fourth-order valence-corrected chi connectivity index (χ4v) is 5.17. The molecule has 212 valence electrons. The lowest BCUT2D eigenvalue weighted by Crippen LogP contribution is -2.40. The summed E-state index contributed by atoms with van der Waals surface area (Å²) >= 11 is 12.2. The quantitative estimate of drug-likeness (QED) is 0.243. The molecule has 1 aliphatic rings. The van der Waals surface area contributed by atoms with Gasteiger partial charge in [0.05, 0.1) is 41.3 Å². The first-order valence-corrected chi connectivity index (χ1v) is 13.9. The van der Waals surface area contributed by atoms with Crippen LogP contribution in [0, 0.1) is 0 Å². The van der Waals surface area contributed by atoms with E-state index in [0.29, 0.717) is 63.9 Å². The molecule has 6 rings (SSSR count). The molecule has 1 amide bonds. The molecule has 0 bridgehead atoms. The highest BCUT2D eigenvalue weighted by atomic mass is 35.5. The Morgan fingerprint density at radius 2 is 1.83 bits per heavy atom. The molecule has 0 saturated carbocycles. The lowest BCUT2D eigenvalue weighted by atomic mass is 10.0. The van der Waals surface area contributed by atoms with Crippen molar-refractivity contribution in [2.24, 2.45) is 0 Å². The van der Waals surface area contributed by atoms with Gasteiger partial charge in [0.2, 0.25) is 11.8 Å². The Kier molecular flexibility index (Phi) is 7.69. The van der Waals surface area contributed by atoms with Crippen molar-refractivity contribution < 1.29 is 13.9 Å². The second-order valence-electron chi connectivity index (χ2n) is 9.69. The minimum atomic E-state index is -0.208. The number of oxazole rings is 1. The van der Waals surface area contributed by atoms with Crippen LogP contribution in [0.1, 0.15) is 27.2 Å². The zero-order valence-corrected chi connectivity index (χ0v) is 24.0. The van der Waals surface area contributed by atoms with E-state index in [0.717, 1.165) is 16.9 Å². The summed E-state index contributed by atoms with van der Waals surface area (Å²) in [5.41, 5.74) is 3.74. The summed E-state index contributed by atoms with van der Waals surface area (Å²) < 4.78 is 12.2. The number of nitrogens with one attached hydrogen (secondary N) is 1. The van der Waals surface area contributed by atoms with Gasteiger partial charge in [-0.3, -0.25) is 9.59 Å². The van der Waals surface area contributed by atoms with Crippen molar-refractivity contribution in [1.82, 2.24) is 19.4 Å². The fraction of sp³-hybridized carbons (Fsp3) is 0.161. The van der Waals surface area contributed by atoms with Crippen molar-refractivity contribution >= 4 is 35.1 Å². The number of carbonyl (C=O) groups excluding carboxylic acids is 1. The van der Waals surface area contributed by atoms with Gasteiger partial charge in [0, 0.05) is 29.8 Å². The van der Waals surface area contributed by atoms with Crippen molar-refractivity contribution in [3.63, 3.8) is 0 Å². The number of hydrogen-bond donors (Lipinski definition) is 1. The number of hydrogen-bond acceptors (Lipinski definition) is 7. The normalized spacial score (nSPS) is 12.6. The van der Waals surface area contributed by atoms with Gasteiger partial charge in [-0.15, -0.1) is 0 Å². The largest absolute Gasteiger partial charge is 0.497 e. The number of rotatable bonds is 7. The summed E-state index contributed by atoms with van der Waals surface area (Å²) in [7, 11) is 1.62. The highest BCUT2D eigenvalue weighted by molar-refractivity contribution is 6.42. The van der Waals surface area contributed by atoms with Crippen molar-refractivity contribution in [3.8, 4) is 22.9 Å². The molecule has 3 aromatic carbocycles. The molecule has 0 saturated heterocycles. The van der Waals surface area contributed by atoms with E-state index in [1.807, 2.05) is 48.5 Å². The van der Waals surface area contributed by atoms with Crippen molar-refractivity contribution in [2.45, 2.75) is 19.5 Å². The van der Waals surface area contributed by atoms with Gasteiger partial charge in [0.25, 0.3) is 11.5 Å². The predicted molar refractivity (Wildman–Crippen MR) is 161 cm³/mol. The van der Waals surface area contributed by atoms with Crippen LogP contribution in [0.5, 0.6) is 5.75 Å². The fourth-order valence-electron chi connectivity index (χ4n) is 4.88. The molecule has 42 heavy (non-hydrogen) atoms. The Hall–Kier alpha value is -4.60. The summed E-state index contributed by atoms with van der Waals surface area (Å²) in [6, 6.07) is 19.8. The van der Waals surface area contributed by atoms with Gasteiger partial charge < -0.3 is 19.4 Å². The number of amides is 1. The molecule has 1 N–H and O–H groups in total. The first kappa shape index (κ1) is 27.6. The molecule has 1 aliphatic heterocycles. The lowest BCUT2D eigenvalue weighted by molar-refractivity contribution is 0.0731. The van der Waals surface area contributed by atoms with Gasteiger partial charge in [0.15, 0.2) is 0 Å². The van der Waals surface area contributed by atoms with Crippen molar-refractivity contribution in [2.75, 3.05) is 19.0 Å².